The summed E-state index contributed by atoms with van der Waals surface area (Å²) >= 11 is 6.02. The molecule has 3 aromatic rings. The maximum absolute atomic E-state index is 6.02. The summed E-state index contributed by atoms with van der Waals surface area (Å²) in [5.41, 5.74) is 4.17. The molecule has 0 fully saturated rings. The Labute approximate surface area is 127 Å². The van der Waals surface area contributed by atoms with Gasteiger partial charge in [0.15, 0.2) is 0 Å². The van der Waals surface area contributed by atoms with Gasteiger partial charge in [0.25, 0.3) is 0 Å². The van der Waals surface area contributed by atoms with Crippen LogP contribution < -0.4 is 5.32 Å². The van der Waals surface area contributed by atoms with Crippen molar-refractivity contribution in [3.05, 3.63) is 40.9 Å². The summed E-state index contributed by atoms with van der Waals surface area (Å²) in [6, 6.07) is 6.10. The Balaban J connectivity index is 1.74. The van der Waals surface area contributed by atoms with E-state index >= 15 is 0 Å². The molecule has 0 radical (unpaired) electrons. The van der Waals surface area contributed by atoms with Crippen LogP contribution in [-0.4, -0.2) is 19.7 Å². The van der Waals surface area contributed by atoms with E-state index in [1.807, 2.05) is 36.1 Å². The molecule has 0 amide bonds. The molecule has 1 aromatic carbocycles. The maximum Gasteiger partial charge on any atom is 0.224 e. The summed E-state index contributed by atoms with van der Waals surface area (Å²) in [5.74, 6) is 0.817. The second-order valence-corrected chi connectivity index (χ2v) is 5.66. The van der Waals surface area contributed by atoms with Crippen LogP contribution in [-0.2, 0) is 19.9 Å². The molecule has 0 saturated carbocycles. The summed E-state index contributed by atoms with van der Waals surface area (Å²) in [5, 5.41) is 9.21. The minimum atomic E-state index is 0.303. The number of rotatable bonds is 2. The van der Waals surface area contributed by atoms with Crippen LogP contribution in [0.15, 0.2) is 24.4 Å². The van der Waals surface area contributed by atoms with Crippen molar-refractivity contribution in [2.75, 3.05) is 5.32 Å². The first-order valence-electron chi connectivity index (χ1n) is 6.95. The zero-order valence-corrected chi connectivity index (χ0v) is 12.4. The first kappa shape index (κ1) is 12.6. The van der Waals surface area contributed by atoms with Crippen molar-refractivity contribution in [1.82, 2.24) is 19.7 Å². The normalized spacial score (nSPS) is 13.6. The smallest absolute Gasteiger partial charge is 0.224 e. The fourth-order valence-electron chi connectivity index (χ4n) is 2.86. The van der Waals surface area contributed by atoms with Gasteiger partial charge in [-0.2, -0.15) is 5.10 Å². The second-order valence-electron chi connectivity index (χ2n) is 5.32. The lowest BCUT2D eigenvalue weighted by Gasteiger charge is -2.10. The van der Waals surface area contributed by atoms with Crippen LogP contribution in [0.1, 0.15) is 17.7 Å². The number of halogens is 1. The van der Waals surface area contributed by atoms with Gasteiger partial charge in [-0.05, 0) is 49.1 Å². The third-order valence-corrected chi connectivity index (χ3v) is 3.96. The number of aryl methyl sites for hydroxylation is 2. The minimum absolute atomic E-state index is 0.303. The molecule has 2 aromatic heterocycles. The molecule has 1 aliphatic rings. The first-order chi connectivity index (χ1) is 10.2. The standard InChI is InChI=1S/C15H14ClN5/c1-21-8-9-5-6-10(7-13(9)20-21)17-14-11-3-2-4-12(11)18-15(16)19-14/h5-8H,2-4H2,1H3,(H,17,18,19). The molecule has 1 N–H and O–H groups in total. The van der Waals surface area contributed by atoms with Crippen molar-refractivity contribution in [2.24, 2.45) is 7.05 Å². The number of nitrogens with one attached hydrogen (secondary N) is 1. The van der Waals surface area contributed by atoms with Gasteiger partial charge in [-0.1, -0.05) is 0 Å². The van der Waals surface area contributed by atoms with Crippen molar-refractivity contribution in [1.29, 1.82) is 0 Å². The maximum atomic E-state index is 6.02. The SMILES string of the molecule is Cn1cc2ccc(Nc3nc(Cl)nc4c3CCC4)cc2n1. The van der Waals surface area contributed by atoms with Crippen molar-refractivity contribution < 1.29 is 0 Å². The van der Waals surface area contributed by atoms with Gasteiger partial charge < -0.3 is 5.32 Å². The molecule has 4 rings (SSSR count). The monoisotopic (exact) mass is 299 g/mol. The summed E-state index contributed by atoms with van der Waals surface area (Å²) < 4.78 is 1.81. The Kier molecular flexibility index (Phi) is 2.82. The van der Waals surface area contributed by atoms with Crippen molar-refractivity contribution in [2.45, 2.75) is 19.3 Å². The van der Waals surface area contributed by atoms with E-state index in [-0.39, 0.29) is 0 Å². The average molecular weight is 300 g/mol. The van der Waals surface area contributed by atoms with Gasteiger partial charge in [-0.25, -0.2) is 9.97 Å². The number of benzene rings is 1. The van der Waals surface area contributed by atoms with Crippen molar-refractivity contribution >= 4 is 34.0 Å². The number of fused-ring (bicyclic) bond motifs is 2. The largest absolute Gasteiger partial charge is 0.340 e. The van der Waals surface area contributed by atoms with Gasteiger partial charge in [0, 0.05) is 29.9 Å². The van der Waals surface area contributed by atoms with E-state index in [1.54, 1.807) is 0 Å². The van der Waals surface area contributed by atoms with Crippen molar-refractivity contribution in [3.63, 3.8) is 0 Å². The molecule has 0 bridgehead atoms. The van der Waals surface area contributed by atoms with Crippen LogP contribution in [0.5, 0.6) is 0 Å². The van der Waals surface area contributed by atoms with E-state index in [0.29, 0.717) is 5.28 Å². The molecule has 5 nitrogen and oxygen atoms in total. The quantitative estimate of drug-likeness (QED) is 0.738. The first-order valence-corrected chi connectivity index (χ1v) is 7.32. The number of aromatic nitrogens is 4. The van der Waals surface area contributed by atoms with Gasteiger partial charge in [0.05, 0.1) is 11.2 Å². The molecule has 0 atom stereocenters. The lowest BCUT2D eigenvalue weighted by molar-refractivity contribution is 0.780. The van der Waals surface area contributed by atoms with Crippen LogP contribution in [0.25, 0.3) is 10.9 Å². The Morgan fingerprint density at radius 1 is 1.24 bits per heavy atom. The van der Waals surface area contributed by atoms with Gasteiger partial charge in [0.1, 0.15) is 5.82 Å². The average Bonchev–Trinajstić information content (AvgIpc) is 3.03. The molecule has 0 spiro atoms. The minimum Gasteiger partial charge on any atom is -0.340 e. The highest BCUT2D eigenvalue weighted by atomic mass is 35.5. The molecule has 0 saturated heterocycles. The Hall–Kier alpha value is -2.14. The fraction of sp³-hybridized carbons (Fsp3) is 0.267. The van der Waals surface area contributed by atoms with E-state index in [4.69, 9.17) is 11.6 Å². The van der Waals surface area contributed by atoms with Gasteiger partial charge in [0.2, 0.25) is 5.28 Å². The molecule has 0 unspecified atom stereocenters. The highest BCUT2D eigenvalue weighted by Crippen LogP contribution is 2.30. The Bertz CT molecular complexity index is 839. The zero-order valence-electron chi connectivity index (χ0n) is 11.6. The van der Waals surface area contributed by atoms with E-state index in [1.165, 1.54) is 5.56 Å². The van der Waals surface area contributed by atoms with Gasteiger partial charge in [-0.15, -0.1) is 0 Å². The van der Waals surface area contributed by atoms with Crippen LogP contribution >= 0.6 is 11.6 Å². The van der Waals surface area contributed by atoms with Crippen LogP contribution in [0.4, 0.5) is 11.5 Å². The van der Waals surface area contributed by atoms with Crippen molar-refractivity contribution in [3.8, 4) is 0 Å². The van der Waals surface area contributed by atoms with E-state index in [9.17, 15) is 0 Å². The molecular weight excluding hydrogens is 286 g/mol. The second kappa shape index (κ2) is 4.70. The highest BCUT2D eigenvalue weighted by molar-refractivity contribution is 6.28. The van der Waals surface area contributed by atoms with Gasteiger partial charge in [-0.3, -0.25) is 4.68 Å². The van der Waals surface area contributed by atoms with E-state index in [0.717, 1.165) is 47.4 Å². The van der Waals surface area contributed by atoms with E-state index < -0.39 is 0 Å². The molecule has 21 heavy (non-hydrogen) atoms. The topological polar surface area (TPSA) is 55.6 Å². The summed E-state index contributed by atoms with van der Waals surface area (Å²) in [6.45, 7) is 0. The third kappa shape index (κ3) is 2.23. The molecule has 0 aliphatic heterocycles. The Morgan fingerprint density at radius 2 is 2.14 bits per heavy atom. The highest BCUT2D eigenvalue weighted by Gasteiger charge is 2.19. The zero-order chi connectivity index (χ0) is 14.4. The van der Waals surface area contributed by atoms with E-state index in [2.05, 4.69) is 20.4 Å². The third-order valence-electron chi connectivity index (χ3n) is 3.79. The van der Waals surface area contributed by atoms with Crippen LogP contribution in [0.3, 0.4) is 0 Å². The Morgan fingerprint density at radius 3 is 3.05 bits per heavy atom. The molecule has 6 heteroatoms. The number of hydrogen-bond donors (Lipinski definition) is 1. The predicted molar refractivity (Wildman–Crippen MR) is 83.1 cm³/mol. The summed E-state index contributed by atoms with van der Waals surface area (Å²) in [4.78, 5) is 8.65. The number of nitrogens with zero attached hydrogens (tertiary/aromatic N) is 4. The lowest BCUT2D eigenvalue weighted by atomic mass is 10.2. The number of anilines is 2. The van der Waals surface area contributed by atoms with Gasteiger partial charge >= 0.3 is 0 Å². The summed E-state index contributed by atoms with van der Waals surface area (Å²) in [7, 11) is 1.92. The number of hydrogen-bond acceptors (Lipinski definition) is 4. The predicted octanol–water partition coefficient (Wildman–Crippen LogP) is 3.25. The molecule has 1 aliphatic carbocycles. The lowest BCUT2D eigenvalue weighted by Crippen LogP contribution is -2.01. The van der Waals surface area contributed by atoms with Crippen LogP contribution in [0.2, 0.25) is 5.28 Å². The van der Waals surface area contributed by atoms with Crippen LogP contribution in [0, 0.1) is 0 Å². The fourth-order valence-corrected chi connectivity index (χ4v) is 3.05. The summed E-state index contributed by atoms with van der Waals surface area (Å²) in [6.07, 6.45) is 5.09. The molecular formula is C15H14ClN5. The molecule has 2 heterocycles. The molecule has 106 valence electrons.